The summed E-state index contributed by atoms with van der Waals surface area (Å²) in [6.45, 7) is 6.38. The zero-order valence-electron chi connectivity index (χ0n) is 8.93. The molecule has 0 radical (unpaired) electrons. The van der Waals surface area contributed by atoms with Crippen LogP contribution in [-0.4, -0.2) is 47.9 Å². The van der Waals surface area contributed by atoms with E-state index in [9.17, 15) is 15.3 Å². The molecule has 3 N–H and O–H groups in total. The lowest BCUT2D eigenvalue weighted by Gasteiger charge is -2.35. The van der Waals surface area contributed by atoms with Gasteiger partial charge in [-0.05, 0) is 6.42 Å². The molecule has 15 heavy (non-hydrogen) atoms. The lowest BCUT2D eigenvalue weighted by atomic mass is 9.82. The van der Waals surface area contributed by atoms with Crippen LogP contribution in [0.4, 0.5) is 0 Å². The quantitative estimate of drug-likeness (QED) is 0.478. The van der Waals surface area contributed by atoms with E-state index in [0.717, 1.165) is 0 Å². The Kier molecular flexibility index (Phi) is 7.25. The van der Waals surface area contributed by atoms with Crippen molar-refractivity contribution in [2.75, 3.05) is 26.4 Å². The van der Waals surface area contributed by atoms with Crippen LogP contribution in [0.5, 0.6) is 0 Å². The predicted molar refractivity (Wildman–Crippen MR) is 58.4 cm³/mol. The molecule has 0 rings (SSSR count). The van der Waals surface area contributed by atoms with Crippen molar-refractivity contribution < 1.29 is 20.1 Å². The molecule has 0 fully saturated rings. The van der Waals surface area contributed by atoms with Gasteiger partial charge in [0.25, 0.3) is 0 Å². The van der Waals surface area contributed by atoms with E-state index in [1.54, 1.807) is 12.2 Å². The number of aliphatic hydroxyl groups excluding tert-OH is 3. The second-order valence-electron chi connectivity index (χ2n) is 3.47. The van der Waals surface area contributed by atoms with Crippen LogP contribution in [0.15, 0.2) is 25.3 Å². The maximum atomic E-state index is 9.21. The van der Waals surface area contributed by atoms with Gasteiger partial charge in [-0.25, -0.2) is 0 Å². The molecule has 4 heteroatoms. The van der Waals surface area contributed by atoms with Crippen LogP contribution >= 0.6 is 0 Å². The molecule has 0 bridgehead atoms. The molecule has 0 spiro atoms. The van der Waals surface area contributed by atoms with Crippen molar-refractivity contribution in [2.24, 2.45) is 5.41 Å². The van der Waals surface area contributed by atoms with E-state index in [-0.39, 0.29) is 19.8 Å². The molecule has 0 aromatic rings. The van der Waals surface area contributed by atoms with Gasteiger partial charge in [0.1, 0.15) is 0 Å². The third-order valence-corrected chi connectivity index (χ3v) is 2.42. The van der Waals surface area contributed by atoms with Gasteiger partial charge in [0.2, 0.25) is 0 Å². The summed E-state index contributed by atoms with van der Waals surface area (Å²) in [6, 6.07) is 0. The fraction of sp³-hybridized carbons (Fsp3) is 0.636. The Hall–Kier alpha value is -0.680. The third kappa shape index (κ3) is 3.76. The maximum absolute atomic E-state index is 9.21. The van der Waals surface area contributed by atoms with E-state index in [1.807, 2.05) is 0 Å². The summed E-state index contributed by atoms with van der Waals surface area (Å²) in [6.07, 6.45) is 3.19. The first kappa shape index (κ1) is 14.3. The first-order chi connectivity index (χ1) is 7.20. The van der Waals surface area contributed by atoms with Crippen molar-refractivity contribution in [3.8, 4) is 0 Å². The Bertz CT molecular complexity index is 179. The number of aliphatic hydroxyl groups is 3. The molecule has 1 unspecified atom stereocenters. The first-order valence-electron chi connectivity index (χ1n) is 4.86. The largest absolute Gasteiger partial charge is 0.396 e. The van der Waals surface area contributed by atoms with E-state index in [2.05, 4.69) is 13.2 Å². The summed E-state index contributed by atoms with van der Waals surface area (Å²) in [5.74, 6) is 0. The van der Waals surface area contributed by atoms with Gasteiger partial charge < -0.3 is 20.1 Å². The van der Waals surface area contributed by atoms with Crippen molar-refractivity contribution in [1.82, 2.24) is 0 Å². The molecule has 88 valence electrons. The van der Waals surface area contributed by atoms with Gasteiger partial charge in [0.05, 0.1) is 37.9 Å². The molecule has 4 nitrogen and oxygen atoms in total. The molecule has 0 aromatic heterocycles. The lowest BCUT2D eigenvalue weighted by molar-refractivity contribution is -0.106. The Morgan fingerprint density at radius 3 is 1.93 bits per heavy atom. The summed E-state index contributed by atoms with van der Waals surface area (Å²) in [7, 11) is 0. The van der Waals surface area contributed by atoms with Gasteiger partial charge in [-0.3, -0.25) is 0 Å². The van der Waals surface area contributed by atoms with Crippen molar-refractivity contribution in [1.29, 1.82) is 0 Å². The van der Waals surface area contributed by atoms with Crippen molar-refractivity contribution in [2.45, 2.75) is 12.5 Å². The van der Waals surface area contributed by atoms with E-state index in [4.69, 9.17) is 4.74 Å². The van der Waals surface area contributed by atoms with Gasteiger partial charge in [-0.15, -0.1) is 13.2 Å². The molecule has 0 heterocycles. The fourth-order valence-corrected chi connectivity index (χ4v) is 1.29. The fourth-order valence-electron chi connectivity index (χ4n) is 1.29. The van der Waals surface area contributed by atoms with Gasteiger partial charge in [-0.2, -0.15) is 0 Å². The molecule has 0 aromatic carbocycles. The molecule has 0 aliphatic rings. The Morgan fingerprint density at radius 2 is 1.60 bits per heavy atom. The van der Waals surface area contributed by atoms with E-state index >= 15 is 0 Å². The van der Waals surface area contributed by atoms with Crippen molar-refractivity contribution in [3.63, 3.8) is 0 Å². The van der Waals surface area contributed by atoms with Crippen LogP contribution in [0, 0.1) is 5.41 Å². The van der Waals surface area contributed by atoms with E-state index in [1.165, 1.54) is 0 Å². The summed E-state index contributed by atoms with van der Waals surface area (Å²) >= 11 is 0. The molecular weight excluding hydrogens is 196 g/mol. The average Bonchev–Trinajstić information content (AvgIpc) is 2.28. The zero-order chi connectivity index (χ0) is 11.7. The Balaban J connectivity index is 4.63. The summed E-state index contributed by atoms with van der Waals surface area (Å²) in [5.41, 5.74) is -1.03. The highest BCUT2D eigenvalue weighted by atomic mass is 16.5. The van der Waals surface area contributed by atoms with Gasteiger partial charge >= 0.3 is 0 Å². The van der Waals surface area contributed by atoms with E-state index < -0.39 is 11.5 Å². The highest BCUT2D eigenvalue weighted by molar-refractivity contribution is 4.91. The molecule has 0 aliphatic carbocycles. The summed E-state index contributed by atoms with van der Waals surface area (Å²) < 4.78 is 5.40. The summed E-state index contributed by atoms with van der Waals surface area (Å²) in [4.78, 5) is 0. The molecule has 1 atom stereocenters. The second kappa shape index (κ2) is 7.59. The minimum Gasteiger partial charge on any atom is -0.396 e. The van der Waals surface area contributed by atoms with Crippen LogP contribution in [0.3, 0.4) is 0 Å². The molecule has 0 amide bonds. The van der Waals surface area contributed by atoms with Crippen LogP contribution in [0.1, 0.15) is 6.42 Å². The Morgan fingerprint density at radius 1 is 1.07 bits per heavy atom. The highest BCUT2D eigenvalue weighted by Gasteiger charge is 2.37. The Labute approximate surface area is 90.5 Å². The topological polar surface area (TPSA) is 69.9 Å². The second-order valence-corrected chi connectivity index (χ2v) is 3.47. The predicted octanol–water partition coefficient (Wildman–Crippen LogP) is 0.0970. The number of hydrogen-bond acceptors (Lipinski definition) is 4. The average molecular weight is 216 g/mol. The van der Waals surface area contributed by atoms with Crippen LogP contribution < -0.4 is 0 Å². The van der Waals surface area contributed by atoms with Crippen molar-refractivity contribution in [3.05, 3.63) is 25.3 Å². The first-order valence-corrected chi connectivity index (χ1v) is 4.86. The highest BCUT2D eigenvalue weighted by Crippen LogP contribution is 2.26. The van der Waals surface area contributed by atoms with Crippen LogP contribution in [0.25, 0.3) is 0 Å². The molecular formula is C11H20O4. The van der Waals surface area contributed by atoms with Crippen LogP contribution in [-0.2, 0) is 4.74 Å². The van der Waals surface area contributed by atoms with Crippen molar-refractivity contribution >= 4 is 0 Å². The van der Waals surface area contributed by atoms with Crippen LogP contribution in [0.2, 0.25) is 0 Å². The lowest BCUT2D eigenvalue weighted by Crippen LogP contribution is -2.46. The minimum absolute atomic E-state index is 0.306. The normalized spacial score (nSPS) is 13.5. The zero-order valence-corrected chi connectivity index (χ0v) is 8.93. The minimum atomic E-state index is -1.03. The standard InChI is InChI=1S/C11H20O4/c1-3-5-10(15-6-4-2)11(7-12,8-13)9-14/h3-4,10,12-14H,1-2,5-9H2. The van der Waals surface area contributed by atoms with E-state index in [0.29, 0.717) is 13.0 Å². The summed E-state index contributed by atoms with van der Waals surface area (Å²) in [5, 5.41) is 27.6. The monoisotopic (exact) mass is 216 g/mol. The molecule has 0 aliphatic heterocycles. The van der Waals surface area contributed by atoms with Gasteiger partial charge in [0, 0.05) is 0 Å². The molecule has 0 saturated heterocycles. The maximum Gasteiger partial charge on any atom is 0.0736 e. The smallest absolute Gasteiger partial charge is 0.0736 e. The third-order valence-electron chi connectivity index (χ3n) is 2.42. The van der Waals surface area contributed by atoms with Gasteiger partial charge in [-0.1, -0.05) is 12.2 Å². The number of rotatable bonds is 9. The van der Waals surface area contributed by atoms with Gasteiger partial charge in [0.15, 0.2) is 0 Å². The number of ether oxygens (including phenoxy) is 1. The molecule has 0 saturated carbocycles. The number of hydrogen-bond donors (Lipinski definition) is 3. The SMILES string of the molecule is C=CCOC(CC=C)C(CO)(CO)CO.